The van der Waals surface area contributed by atoms with Crippen LogP contribution in [0.5, 0.6) is 11.5 Å². The van der Waals surface area contributed by atoms with Gasteiger partial charge in [0.05, 0.1) is 11.6 Å². The van der Waals surface area contributed by atoms with Crippen LogP contribution in [0.4, 0.5) is 0 Å². The number of hydrogen-bond acceptors (Lipinski definition) is 4. The maximum absolute atomic E-state index is 12.3. The Morgan fingerprint density at radius 1 is 1.32 bits per heavy atom. The van der Waals surface area contributed by atoms with Crippen molar-refractivity contribution in [2.45, 2.75) is 13.0 Å². The molecule has 1 amide bonds. The van der Waals surface area contributed by atoms with E-state index in [9.17, 15) is 15.0 Å². The highest BCUT2D eigenvalue weighted by Crippen LogP contribution is 2.28. The summed E-state index contributed by atoms with van der Waals surface area (Å²) in [5, 5.41) is 20.9. The Kier molecular flexibility index (Phi) is 3.76. The summed E-state index contributed by atoms with van der Waals surface area (Å²) in [4.78, 5) is 14.9. The van der Waals surface area contributed by atoms with E-state index in [1.165, 1.54) is 12.1 Å². The summed E-state index contributed by atoms with van der Waals surface area (Å²) in [6.45, 7) is 1.93. The Labute approximate surface area is 115 Å². The lowest BCUT2D eigenvalue weighted by Gasteiger charge is -2.24. The van der Waals surface area contributed by atoms with Crippen molar-refractivity contribution in [3.05, 3.63) is 46.2 Å². The third-order valence-electron chi connectivity index (χ3n) is 3.07. The molecule has 0 aliphatic carbocycles. The molecular formula is C14H15NO3S. The number of carbonyl (C=O) groups excluding carboxylic acids is 1. The third-order valence-corrected chi connectivity index (χ3v) is 4.11. The number of phenolic OH excluding ortho intramolecular Hbond substituents is 2. The van der Waals surface area contributed by atoms with Crippen molar-refractivity contribution >= 4 is 17.2 Å². The van der Waals surface area contributed by atoms with Crippen molar-refractivity contribution in [2.24, 2.45) is 0 Å². The van der Waals surface area contributed by atoms with Gasteiger partial charge < -0.3 is 15.1 Å². The minimum Gasteiger partial charge on any atom is -0.508 e. The van der Waals surface area contributed by atoms with Crippen molar-refractivity contribution in [3.8, 4) is 11.5 Å². The molecule has 2 aromatic rings. The molecule has 0 saturated carbocycles. The van der Waals surface area contributed by atoms with Crippen LogP contribution in [0.1, 0.15) is 28.2 Å². The van der Waals surface area contributed by atoms with Crippen LogP contribution < -0.4 is 0 Å². The van der Waals surface area contributed by atoms with Gasteiger partial charge >= 0.3 is 0 Å². The second-order valence-electron chi connectivity index (χ2n) is 4.31. The van der Waals surface area contributed by atoms with Gasteiger partial charge in [-0.2, -0.15) is 0 Å². The molecule has 2 N–H and O–H groups in total. The van der Waals surface area contributed by atoms with Crippen LogP contribution in [-0.2, 0) is 0 Å². The number of nitrogens with zero attached hydrogens (tertiary/aromatic N) is 1. The SMILES string of the molecule is CC(c1cccs1)N(C)C(=O)c1ccc(O)cc1O. The van der Waals surface area contributed by atoms with Crippen molar-refractivity contribution in [1.29, 1.82) is 0 Å². The molecule has 19 heavy (non-hydrogen) atoms. The molecular weight excluding hydrogens is 262 g/mol. The molecule has 100 valence electrons. The molecule has 0 spiro atoms. The van der Waals surface area contributed by atoms with Gasteiger partial charge in [-0.15, -0.1) is 11.3 Å². The van der Waals surface area contributed by atoms with E-state index in [1.54, 1.807) is 23.3 Å². The first-order valence-corrected chi connectivity index (χ1v) is 6.71. The first-order valence-electron chi connectivity index (χ1n) is 5.83. The normalized spacial score (nSPS) is 12.1. The fraction of sp³-hybridized carbons (Fsp3) is 0.214. The van der Waals surface area contributed by atoms with E-state index in [0.717, 1.165) is 10.9 Å². The first kappa shape index (κ1) is 13.4. The Bertz CT molecular complexity index is 580. The van der Waals surface area contributed by atoms with Gasteiger partial charge in [-0.3, -0.25) is 4.79 Å². The average molecular weight is 277 g/mol. The fourth-order valence-electron chi connectivity index (χ4n) is 1.79. The van der Waals surface area contributed by atoms with Gasteiger partial charge in [-0.05, 0) is 30.5 Å². The summed E-state index contributed by atoms with van der Waals surface area (Å²) in [5.74, 6) is -0.559. The van der Waals surface area contributed by atoms with E-state index in [4.69, 9.17) is 0 Å². The van der Waals surface area contributed by atoms with Gasteiger partial charge in [0.25, 0.3) is 5.91 Å². The van der Waals surface area contributed by atoms with Gasteiger partial charge in [0.1, 0.15) is 11.5 Å². The molecule has 1 aromatic carbocycles. The lowest BCUT2D eigenvalue weighted by molar-refractivity contribution is 0.0742. The summed E-state index contributed by atoms with van der Waals surface area (Å²) >= 11 is 1.58. The molecule has 4 nitrogen and oxygen atoms in total. The highest BCUT2D eigenvalue weighted by Gasteiger charge is 2.21. The summed E-state index contributed by atoms with van der Waals surface area (Å²) in [5.41, 5.74) is 0.184. The van der Waals surface area contributed by atoms with Crippen molar-refractivity contribution in [1.82, 2.24) is 4.90 Å². The van der Waals surface area contributed by atoms with Crippen LogP contribution in [0.2, 0.25) is 0 Å². The van der Waals surface area contributed by atoms with E-state index < -0.39 is 0 Å². The molecule has 0 fully saturated rings. The van der Waals surface area contributed by atoms with Crippen LogP contribution in [0, 0.1) is 0 Å². The van der Waals surface area contributed by atoms with Crippen LogP contribution >= 0.6 is 11.3 Å². The Morgan fingerprint density at radius 2 is 2.05 bits per heavy atom. The largest absolute Gasteiger partial charge is 0.508 e. The molecule has 0 bridgehead atoms. The molecule has 1 unspecified atom stereocenters. The zero-order valence-electron chi connectivity index (χ0n) is 10.7. The number of aromatic hydroxyl groups is 2. The van der Waals surface area contributed by atoms with Crippen LogP contribution in [0.25, 0.3) is 0 Å². The molecule has 0 saturated heterocycles. The van der Waals surface area contributed by atoms with Crippen LogP contribution in [0.3, 0.4) is 0 Å². The number of amides is 1. The molecule has 1 heterocycles. The van der Waals surface area contributed by atoms with E-state index in [2.05, 4.69) is 0 Å². The highest BCUT2D eigenvalue weighted by atomic mass is 32.1. The Balaban J connectivity index is 2.24. The average Bonchev–Trinajstić information content (AvgIpc) is 2.90. The summed E-state index contributed by atoms with van der Waals surface area (Å²) in [7, 11) is 1.69. The highest BCUT2D eigenvalue weighted by molar-refractivity contribution is 7.10. The number of phenols is 2. The minimum absolute atomic E-state index is 0.0667. The number of hydrogen-bond donors (Lipinski definition) is 2. The summed E-state index contributed by atoms with van der Waals surface area (Å²) < 4.78 is 0. The Hall–Kier alpha value is -2.01. The number of thiophene rings is 1. The molecule has 0 aliphatic heterocycles. The molecule has 2 rings (SSSR count). The van der Waals surface area contributed by atoms with E-state index in [0.29, 0.717) is 0 Å². The standard InChI is InChI=1S/C14H15NO3S/c1-9(13-4-3-7-19-13)15(2)14(18)11-6-5-10(16)8-12(11)17/h3-9,16-17H,1-2H3. The number of benzene rings is 1. The van der Waals surface area contributed by atoms with Crippen molar-refractivity contribution in [2.75, 3.05) is 7.05 Å². The van der Waals surface area contributed by atoms with Crippen molar-refractivity contribution < 1.29 is 15.0 Å². The topological polar surface area (TPSA) is 60.8 Å². The zero-order chi connectivity index (χ0) is 14.0. The molecule has 1 aromatic heterocycles. The van der Waals surface area contributed by atoms with Gasteiger partial charge in [0, 0.05) is 18.0 Å². The zero-order valence-corrected chi connectivity index (χ0v) is 11.5. The molecule has 0 aliphatic rings. The molecule has 5 heteroatoms. The predicted octanol–water partition coefficient (Wildman–Crippen LogP) is 2.99. The monoisotopic (exact) mass is 277 g/mol. The van der Waals surface area contributed by atoms with E-state index in [-0.39, 0.29) is 29.0 Å². The molecule has 1 atom stereocenters. The van der Waals surface area contributed by atoms with Gasteiger partial charge in [-0.25, -0.2) is 0 Å². The van der Waals surface area contributed by atoms with Crippen LogP contribution in [-0.4, -0.2) is 28.1 Å². The maximum atomic E-state index is 12.3. The van der Waals surface area contributed by atoms with Gasteiger partial charge in [0.15, 0.2) is 0 Å². The lowest BCUT2D eigenvalue weighted by atomic mass is 10.1. The van der Waals surface area contributed by atoms with E-state index >= 15 is 0 Å². The quantitative estimate of drug-likeness (QED) is 0.906. The van der Waals surface area contributed by atoms with Gasteiger partial charge in [0.2, 0.25) is 0 Å². The second kappa shape index (κ2) is 5.32. The van der Waals surface area contributed by atoms with Crippen molar-refractivity contribution in [3.63, 3.8) is 0 Å². The van der Waals surface area contributed by atoms with Crippen LogP contribution in [0.15, 0.2) is 35.7 Å². The minimum atomic E-state index is -0.279. The third kappa shape index (κ3) is 2.71. The predicted molar refractivity (Wildman–Crippen MR) is 74.6 cm³/mol. The van der Waals surface area contributed by atoms with E-state index in [1.807, 2.05) is 24.4 Å². The fourth-order valence-corrected chi connectivity index (χ4v) is 2.61. The maximum Gasteiger partial charge on any atom is 0.257 e. The van der Waals surface area contributed by atoms with Gasteiger partial charge in [-0.1, -0.05) is 6.07 Å². The number of rotatable bonds is 3. The summed E-state index contributed by atoms with van der Waals surface area (Å²) in [6.07, 6.45) is 0. The first-order chi connectivity index (χ1) is 9.00. The second-order valence-corrected chi connectivity index (χ2v) is 5.29. The Morgan fingerprint density at radius 3 is 2.63 bits per heavy atom. The molecule has 0 radical (unpaired) electrons. The number of carbonyl (C=O) groups is 1. The lowest BCUT2D eigenvalue weighted by Crippen LogP contribution is -2.29. The summed E-state index contributed by atoms with van der Waals surface area (Å²) in [6, 6.07) is 7.81. The smallest absolute Gasteiger partial charge is 0.257 e.